The molecule has 0 bridgehead atoms. The zero-order valence-electron chi connectivity index (χ0n) is 18.0. The molecule has 4 rings (SSSR count). The summed E-state index contributed by atoms with van der Waals surface area (Å²) in [7, 11) is 1.55. The van der Waals surface area contributed by atoms with Gasteiger partial charge in [-0.25, -0.2) is 4.79 Å². The average Bonchev–Trinajstić information content (AvgIpc) is 3.25. The molecule has 2 aliphatic heterocycles. The van der Waals surface area contributed by atoms with E-state index in [2.05, 4.69) is 0 Å². The number of amides is 3. The maximum atomic E-state index is 12.7. The molecule has 0 aliphatic carbocycles. The second-order valence-corrected chi connectivity index (χ2v) is 7.89. The molecule has 8 heteroatoms. The van der Waals surface area contributed by atoms with E-state index < -0.39 is 24.4 Å². The SMILES string of the molecule is COCCCN1C(=O)c2ccc(C(=O)OCC(=O)N3c4ccccc4C[C@H]3C)cc2C1=O. The van der Waals surface area contributed by atoms with E-state index in [1.807, 2.05) is 31.2 Å². The number of carbonyl (C=O) groups is 4. The van der Waals surface area contributed by atoms with Crippen molar-refractivity contribution in [1.29, 1.82) is 0 Å². The molecule has 2 heterocycles. The molecule has 0 radical (unpaired) electrons. The number of para-hydroxylation sites is 1. The lowest BCUT2D eigenvalue weighted by molar-refractivity contribution is -0.122. The molecule has 32 heavy (non-hydrogen) atoms. The first-order valence-corrected chi connectivity index (χ1v) is 10.5. The van der Waals surface area contributed by atoms with Crippen molar-refractivity contribution in [3.05, 3.63) is 64.7 Å². The van der Waals surface area contributed by atoms with Crippen molar-refractivity contribution in [3.63, 3.8) is 0 Å². The molecule has 0 aromatic heterocycles. The zero-order chi connectivity index (χ0) is 22.8. The van der Waals surface area contributed by atoms with E-state index in [9.17, 15) is 19.2 Å². The van der Waals surface area contributed by atoms with E-state index in [1.54, 1.807) is 12.0 Å². The minimum absolute atomic E-state index is 0.0219. The lowest BCUT2D eigenvalue weighted by Crippen LogP contribution is -2.38. The lowest BCUT2D eigenvalue weighted by atomic mass is 10.1. The fourth-order valence-corrected chi connectivity index (χ4v) is 4.21. The smallest absolute Gasteiger partial charge is 0.338 e. The Balaban J connectivity index is 1.42. The molecule has 0 saturated heterocycles. The average molecular weight is 436 g/mol. The standard InChI is InChI=1S/C24H24N2O6/c1-15-12-16-6-3-4-7-20(16)26(15)21(27)14-32-24(30)17-8-9-18-19(13-17)23(29)25(22(18)28)10-5-11-31-2/h3-4,6-9,13,15H,5,10-12,14H2,1-2H3/t15-/m1/s1. The third-order valence-corrected chi connectivity index (χ3v) is 5.74. The molecule has 0 spiro atoms. The molecule has 2 aromatic rings. The number of carbonyl (C=O) groups excluding carboxylic acids is 4. The van der Waals surface area contributed by atoms with Gasteiger partial charge in [-0.05, 0) is 49.6 Å². The van der Waals surface area contributed by atoms with Crippen LogP contribution in [-0.4, -0.2) is 61.5 Å². The van der Waals surface area contributed by atoms with Crippen molar-refractivity contribution in [2.45, 2.75) is 25.8 Å². The van der Waals surface area contributed by atoms with Gasteiger partial charge in [0.1, 0.15) is 0 Å². The van der Waals surface area contributed by atoms with Crippen molar-refractivity contribution in [2.75, 3.05) is 31.8 Å². The highest BCUT2D eigenvalue weighted by molar-refractivity contribution is 6.22. The van der Waals surface area contributed by atoms with Crippen LogP contribution in [0.1, 0.15) is 50.0 Å². The van der Waals surface area contributed by atoms with Crippen LogP contribution in [0.4, 0.5) is 5.69 Å². The summed E-state index contributed by atoms with van der Waals surface area (Å²) in [4.78, 5) is 53.2. The minimum Gasteiger partial charge on any atom is -0.452 e. The third kappa shape index (κ3) is 3.89. The normalized spacial score (nSPS) is 16.9. The van der Waals surface area contributed by atoms with Gasteiger partial charge in [0.05, 0.1) is 16.7 Å². The van der Waals surface area contributed by atoms with Crippen LogP contribution < -0.4 is 4.90 Å². The molecule has 2 aliphatic rings. The maximum Gasteiger partial charge on any atom is 0.338 e. The fourth-order valence-electron chi connectivity index (χ4n) is 4.21. The maximum absolute atomic E-state index is 12.7. The molecule has 2 aromatic carbocycles. The number of hydrogen-bond donors (Lipinski definition) is 0. The van der Waals surface area contributed by atoms with E-state index in [0.717, 1.165) is 22.6 Å². The van der Waals surface area contributed by atoms with Gasteiger partial charge in [0.25, 0.3) is 17.7 Å². The summed E-state index contributed by atoms with van der Waals surface area (Å²) in [5, 5.41) is 0. The number of imide groups is 1. The topological polar surface area (TPSA) is 93.2 Å². The highest BCUT2D eigenvalue weighted by Gasteiger charge is 2.36. The van der Waals surface area contributed by atoms with Gasteiger partial charge in [-0.2, -0.15) is 0 Å². The quantitative estimate of drug-likeness (QED) is 0.376. The van der Waals surface area contributed by atoms with Gasteiger partial charge >= 0.3 is 5.97 Å². The van der Waals surface area contributed by atoms with Crippen LogP contribution in [-0.2, 0) is 20.7 Å². The molecular weight excluding hydrogens is 412 g/mol. The molecule has 0 saturated carbocycles. The highest BCUT2D eigenvalue weighted by Crippen LogP contribution is 2.32. The van der Waals surface area contributed by atoms with Gasteiger partial charge in [-0.15, -0.1) is 0 Å². The summed E-state index contributed by atoms with van der Waals surface area (Å²) in [5.41, 5.74) is 2.44. The predicted octanol–water partition coefficient (Wildman–Crippen LogP) is 2.45. The van der Waals surface area contributed by atoms with Crippen LogP contribution in [0.3, 0.4) is 0 Å². The Morgan fingerprint density at radius 2 is 1.81 bits per heavy atom. The van der Waals surface area contributed by atoms with Gasteiger partial charge in [0, 0.05) is 32.0 Å². The van der Waals surface area contributed by atoms with Crippen LogP contribution in [0.5, 0.6) is 0 Å². The number of anilines is 1. The Morgan fingerprint density at radius 3 is 2.59 bits per heavy atom. The van der Waals surface area contributed by atoms with Crippen molar-refractivity contribution in [2.24, 2.45) is 0 Å². The van der Waals surface area contributed by atoms with Crippen LogP contribution in [0.2, 0.25) is 0 Å². The molecule has 166 valence electrons. The molecule has 0 N–H and O–H groups in total. The first-order chi connectivity index (χ1) is 15.4. The summed E-state index contributed by atoms with van der Waals surface area (Å²) >= 11 is 0. The van der Waals surface area contributed by atoms with Crippen molar-refractivity contribution in [1.82, 2.24) is 4.90 Å². The van der Waals surface area contributed by atoms with E-state index in [0.29, 0.717) is 13.0 Å². The number of ether oxygens (including phenoxy) is 2. The Kier molecular flexibility index (Phi) is 6.05. The second-order valence-electron chi connectivity index (χ2n) is 7.89. The Bertz CT molecular complexity index is 1100. The summed E-state index contributed by atoms with van der Waals surface area (Å²) in [6.07, 6.45) is 1.27. The van der Waals surface area contributed by atoms with Crippen molar-refractivity contribution >= 4 is 29.4 Å². The molecular formula is C24H24N2O6. The number of esters is 1. The van der Waals surface area contributed by atoms with Crippen LogP contribution in [0, 0.1) is 0 Å². The number of rotatable bonds is 7. The van der Waals surface area contributed by atoms with Crippen LogP contribution >= 0.6 is 0 Å². The fraction of sp³-hybridized carbons (Fsp3) is 0.333. The molecule has 1 atom stereocenters. The summed E-state index contributed by atoms with van der Waals surface area (Å²) in [5.74, 6) is -1.88. The first-order valence-electron chi connectivity index (χ1n) is 10.5. The minimum atomic E-state index is -0.723. The predicted molar refractivity (Wildman–Crippen MR) is 116 cm³/mol. The van der Waals surface area contributed by atoms with Gasteiger partial charge in [-0.1, -0.05) is 18.2 Å². The van der Waals surface area contributed by atoms with E-state index >= 15 is 0 Å². The van der Waals surface area contributed by atoms with Crippen molar-refractivity contribution < 1.29 is 28.7 Å². The molecule has 0 unspecified atom stereocenters. The molecule has 0 fully saturated rings. The number of benzene rings is 2. The third-order valence-electron chi connectivity index (χ3n) is 5.74. The summed E-state index contributed by atoms with van der Waals surface area (Å²) in [6, 6.07) is 11.9. The molecule has 3 amide bonds. The summed E-state index contributed by atoms with van der Waals surface area (Å²) < 4.78 is 10.2. The molecule has 8 nitrogen and oxygen atoms in total. The Hall–Kier alpha value is -3.52. The van der Waals surface area contributed by atoms with E-state index in [1.165, 1.54) is 18.2 Å². The van der Waals surface area contributed by atoms with Gasteiger partial charge in [-0.3, -0.25) is 19.3 Å². The number of hydrogen-bond acceptors (Lipinski definition) is 6. The van der Waals surface area contributed by atoms with E-state index in [4.69, 9.17) is 9.47 Å². The monoisotopic (exact) mass is 436 g/mol. The van der Waals surface area contributed by atoms with E-state index in [-0.39, 0.29) is 35.2 Å². The largest absolute Gasteiger partial charge is 0.452 e. The second kappa shape index (κ2) is 8.92. The Labute approximate surface area is 185 Å². The number of methoxy groups -OCH3 is 1. The van der Waals surface area contributed by atoms with Crippen LogP contribution in [0.15, 0.2) is 42.5 Å². The summed E-state index contributed by atoms with van der Waals surface area (Å²) in [6.45, 7) is 2.20. The first kappa shape index (κ1) is 21.7. The number of nitrogens with zero attached hydrogens (tertiary/aromatic N) is 2. The highest BCUT2D eigenvalue weighted by atomic mass is 16.5. The lowest BCUT2D eigenvalue weighted by Gasteiger charge is -2.22. The Morgan fingerprint density at radius 1 is 1.06 bits per heavy atom. The number of fused-ring (bicyclic) bond motifs is 2. The van der Waals surface area contributed by atoms with Gasteiger partial charge < -0.3 is 14.4 Å². The van der Waals surface area contributed by atoms with Gasteiger partial charge in [0.15, 0.2) is 6.61 Å². The van der Waals surface area contributed by atoms with Crippen molar-refractivity contribution in [3.8, 4) is 0 Å². The zero-order valence-corrected chi connectivity index (χ0v) is 18.0. The van der Waals surface area contributed by atoms with Crippen LogP contribution in [0.25, 0.3) is 0 Å². The van der Waals surface area contributed by atoms with Gasteiger partial charge in [0.2, 0.25) is 0 Å².